The Hall–Kier alpha value is -0.810. The molecule has 0 bridgehead atoms. The van der Waals surface area contributed by atoms with Gasteiger partial charge in [-0.2, -0.15) is 0 Å². The largest absolute Gasteiger partial charge is 0.444 e. The summed E-state index contributed by atoms with van der Waals surface area (Å²) in [6.07, 6.45) is 2.99. The van der Waals surface area contributed by atoms with E-state index in [2.05, 4.69) is 4.90 Å². The van der Waals surface area contributed by atoms with Crippen molar-refractivity contribution in [1.82, 2.24) is 9.80 Å². The Balaban J connectivity index is 2.59. The molecule has 5 nitrogen and oxygen atoms in total. The fourth-order valence-corrected chi connectivity index (χ4v) is 2.37. The van der Waals surface area contributed by atoms with E-state index in [4.69, 9.17) is 9.84 Å². The van der Waals surface area contributed by atoms with Crippen LogP contribution in [-0.4, -0.2) is 65.9 Å². The van der Waals surface area contributed by atoms with Crippen LogP contribution in [0, 0.1) is 0 Å². The molecule has 1 saturated heterocycles. The van der Waals surface area contributed by atoms with Crippen LogP contribution in [0.3, 0.4) is 0 Å². The highest BCUT2D eigenvalue weighted by atomic mass is 16.6. The van der Waals surface area contributed by atoms with Gasteiger partial charge in [0.15, 0.2) is 0 Å². The van der Waals surface area contributed by atoms with Crippen LogP contribution in [0.5, 0.6) is 0 Å². The average molecular weight is 272 g/mol. The van der Waals surface area contributed by atoms with E-state index in [1.165, 1.54) is 0 Å². The number of piperidine rings is 1. The molecule has 1 aliphatic heterocycles. The lowest BCUT2D eigenvalue weighted by Crippen LogP contribution is -2.50. The summed E-state index contributed by atoms with van der Waals surface area (Å²) in [6.45, 7) is 8.02. The van der Waals surface area contributed by atoms with Crippen molar-refractivity contribution < 1.29 is 14.6 Å². The summed E-state index contributed by atoms with van der Waals surface area (Å²) in [5.74, 6) is 0. The van der Waals surface area contributed by atoms with Crippen LogP contribution < -0.4 is 0 Å². The molecule has 1 amide bonds. The molecule has 0 aliphatic carbocycles. The first-order valence-corrected chi connectivity index (χ1v) is 7.12. The van der Waals surface area contributed by atoms with Crippen LogP contribution >= 0.6 is 0 Å². The number of rotatable bonds is 4. The van der Waals surface area contributed by atoms with E-state index in [-0.39, 0.29) is 18.7 Å². The summed E-state index contributed by atoms with van der Waals surface area (Å²) < 4.78 is 5.47. The molecule has 1 aliphatic rings. The SMILES string of the molecule is CN(CCO)CC1CCCCN1C(=O)OC(C)(C)C. The number of hydrogen-bond donors (Lipinski definition) is 1. The van der Waals surface area contributed by atoms with Gasteiger partial charge < -0.3 is 19.6 Å². The zero-order chi connectivity index (χ0) is 14.5. The van der Waals surface area contributed by atoms with Gasteiger partial charge >= 0.3 is 6.09 Å². The number of nitrogens with zero attached hydrogens (tertiary/aromatic N) is 2. The van der Waals surface area contributed by atoms with Crippen LogP contribution in [0.1, 0.15) is 40.0 Å². The quantitative estimate of drug-likeness (QED) is 0.846. The van der Waals surface area contributed by atoms with E-state index >= 15 is 0 Å². The maximum absolute atomic E-state index is 12.2. The van der Waals surface area contributed by atoms with Crippen LogP contribution in [-0.2, 0) is 4.74 Å². The molecule has 1 N–H and O–H groups in total. The van der Waals surface area contributed by atoms with E-state index in [0.29, 0.717) is 6.54 Å². The summed E-state index contributed by atoms with van der Waals surface area (Å²) in [4.78, 5) is 16.1. The maximum atomic E-state index is 12.2. The number of aliphatic hydroxyl groups is 1. The first-order chi connectivity index (χ1) is 8.83. The predicted molar refractivity (Wildman–Crippen MR) is 75.2 cm³/mol. The van der Waals surface area contributed by atoms with Crippen molar-refractivity contribution in [3.05, 3.63) is 0 Å². The molecule has 112 valence electrons. The summed E-state index contributed by atoms with van der Waals surface area (Å²) >= 11 is 0. The first kappa shape index (κ1) is 16.2. The van der Waals surface area contributed by atoms with Gasteiger partial charge in [0.1, 0.15) is 5.60 Å². The van der Waals surface area contributed by atoms with Gasteiger partial charge in [-0.15, -0.1) is 0 Å². The molecule has 1 atom stereocenters. The van der Waals surface area contributed by atoms with Gasteiger partial charge in [0.05, 0.1) is 6.61 Å². The minimum Gasteiger partial charge on any atom is -0.444 e. The minimum absolute atomic E-state index is 0.148. The molecule has 1 fully saturated rings. The van der Waals surface area contributed by atoms with Crippen LogP contribution in [0.2, 0.25) is 0 Å². The Morgan fingerprint density at radius 1 is 1.42 bits per heavy atom. The van der Waals surface area contributed by atoms with Gasteiger partial charge in [0, 0.05) is 25.7 Å². The average Bonchev–Trinajstić information content (AvgIpc) is 2.27. The number of amides is 1. The molecule has 1 rings (SSSR count). The number of carbonyl (C=O) groups excluding carboxylic acids is 1. The lowest BCUT2D eigenvalue weighted by molar-refractivity contribution is 0.00571. The summed E-state index contributed by atoms with van der Waals surface area (Å²) in [7, 11) is 1.97. The predicted octanol–water partition coefficient (Wildman–Crippen LogP) is 1.70. The molecule has 0 saturated carbocycles. The van der Waals surface area contributed by atoms with E-state index in [9.17, 15) is 4.79 Å². The van der Waals surface area contributed by atoms with Crippen LogP contribution in [0.15, 0.2) is 0 Å². The van der Waals surface area contributed by atoms with Crippen molar-refractivity contribution in [3.63, 3.8) is 0 Å². The molecule has 0 spiro atoms. The standard InChI is InChI=1S/C14H28N2O3/c1-14(2,3)19-13(18)16-8-6-5-7-12(16)11-15(4)9-10-17/h12,17H,5-11H2,1-4H3. The summed E-state index contributed by atoms with van der Waals surface area (Å²) in [5, 5.41) is 8.95. The summed E-state index contributed by atoms with van der Waals surface area (Å²) in [6, 6.07) is 0.195. The molecule has 0 aromatic rings. The molecule has 1 unspecified atom stereocenters. The highest BCUT2D eigenvalue weighted by Gasteiger charge is 2.30. The van der Waals surface area contributed by atoms with Crippen molar-refractivity contribution in [2.24, 2.45) is 0 Å². The van der Waals surface area contributed by atoms with Crippen molar-refractivity contribution in [2.75, 3.05) is 33.3 Å². The zero-order valence-electron chi connectivity index (χ0n) is 12.7. The minimum atomic E-state index is -0.448. The van der Waals surface area contributed by atoms with Crippen molar-refractivity contribution in [3.8, 4) is 0 Å². The number of carbonyl (C=O) groups is 1. The van der Waals surface area contributed by atoms with E-state index in [1.54, 1.807) is 0 Å². The van der Waals surface area contributed by atoms with Gasteiger partial charge in [-0.3, -0.25) is 0 Å². The second kappa shape index (κ2) is 7.10. The normalized spacial score (nSPS) is 20.7. The van der Waals surface area contributed by atoms with Crippen molar-refractivity contribution in [2.45, 2.75) is 51.7 Å². The van der Waals surface area contributed by atoms with E-state index in [0.717, 1.165) is 32.4 Å². The fraction of sp³-hybridized carbons (Fsp3) is 0.929. The smallest absolute Gasteiger partial charge is 0.410 e. The van der Waals surface area contributed by atoms with E-state index < -0.39 is 5.60 Å². The number of aliphatic hydroxyl groups excluding tert-OH is 1. The van der Waals surface area contributed by atoms with Crippen LogP contribution in [0.25, 0.3) is 0 Å². The van der Waals surface area contributed by atoms with Crippen molar-refractivity contribution in [1.29, 1.82) is 0 Å². The second-order valence-electron chi connectivity index (χ2n) is 6.31. The fourth-order valence-electron chi connectivity index (χ4n) is 2.37. The van der Waals surface area contributed by atoms with Gasteiger partial charge in [0.2, 0.25) is 0 Å². The third-order valence-electron chi connectivity index (χ3n) is 3.26. The van der Waals surface area contributed by atoms with Gasteiger partial charge in [0.25, 0.3) is 0 Å². The Labute approximate surface area is 116 Å². The monoisotopic (exact) mass is 272 g/mol. The third kappa shape index (κ3) is 5.78. The Morgan fingerprint density at radius 2 is 2.11 bits per heavy atom. The van der Waals surface area contributed by atoms with Crippen molar-refractivity contribution >= 4 is 6.09 Å². The Bertz CT molecular complexity index is 289. The molecule has 5 heteroatoms. The van der Waals surface area contributed by atoms with E-state index in [1.807, 2.05) is 32.7 Å². The third-order valence-corrected chi connectivity index (χ3v) is 3.26. The maximum Gasteiger partial charge on any atom is 0.410 e. The van der Waals surface area contributed by atoms with Gasteiger partial charge in [-0.25, -0.2) is 4.79 Å². The topological polar surface area (TPSA) is 53.0 Å². The highest BCUT2D eigenvalue weighted by Crippen LogP contribution is 2.20. The highest BCUT2D eigenvalue weighted by molar-refractivity contribution is 5.68. The molecule has 0 aromatic heterocycles. The van der Waals surface area contributed by atoms with Gasteiger partial charge in [-0.1, -0.05) is 0 Å². The lowest BCUT2D eigenvalue weighted by atomic mass is 10.0. The molecule has 0 aromatic carbocycles. The second-order valence-corrected chi connectivity index (χ2v) is 6.31. The van der Waals surface area contributed by atoms with Gasteiger partial charge in [-0.05, 0) is 47.1 Å². The Kier molecular flexibility index (Phi) is 6.07. The number of hydrogen-bond acceptors (Lipinski definition) is 4. The first-order valence-electron chi connectivity index (χ1n) is 7.12. The Morgan fingerprint density at radius 3 is 2.68 bits per heavy atom. The molecule has 1 heterocycles. The molecular formula is C14H28N2O3. The molecular weight excluding hydrogens is 244 g/mol. The van der Waals surface area contributed by atoms with Crippen LogP contribution in [0.4, 0.5) is 4.79 Å². The lowest BCUT2D eigenvalue weighted by Gasteiger charge is -2.38. The molecule has 19 heavy (non-hydrogen) atoms. The summed E-state index contributed by atoms with van der Waals surface area (Å²) in [5.41, 5.74) is -0.448. The molecule has 0 radical (unpaired) electrons. The number of likely N-dealkylation sites (N-methyl/N-ethyl adjacent to an activating group) is 1. The number of ether oxygens (including phenoxy) is 1. The number of likely N-dealkylation sites (tertiary alicyclic amines) is 1. The zero-order valence-corrected chi connectivity index (χ0v) is 12.7.